The highest BCUT2D eigenvalue weighted by Crippen LogP contribution is 2.39. The van der Waals surface area contributed by atoms with Crippen LogP contribution in [0.4, 0.5) is 0 Å². The van der Waals surface area contributed by atoms with E-state index >= 15 is 0 Å². The van der Waals surface area contributed by atoms with Gasteiger partial charge in [-0.25, -0.2) is 18.1 Å². The molecule has 0 saturated heterocycles. The zero-order valence-corrected chi connectivity index (χ0v) is 13.0. The monoisotopic (exact) mass is 337 g/mol. The molecule has 1 aliphatic carbocycles. The molecule has 114 valence electrons. The smallest absolute Gasteiger partial charge is 0.282 e. The van der Waals surface area contributed by atoms with Crippen LogP contribution in [0.5, 0.6) is 0 Å². The normalized spacial score (nSPS) is 15.5. The van der Waals surface area contributed by atoms with Gasteiger partial charge in [0.05, 0.1) is 18.4 Å². The molecule has 1 aliphatic rings. The highest BCUT2D eigenvalue weighted by Gasteiger charge is 2.23. The van der Waals surface area contributed by atoms with Crippen molar-refractivity contribution in [3.63, 3.8) is 0 Å². The molecule has 0 aliphatic heterocycles. The van der Waals surface area contributed by atoms with Crippen molar-refractivity contribution in [3.05, 3.63) is 42.0 Å². The largest absolute Gasteiger partial charge is 0.306 e. The topological polar surface area (TPSA) is 82.2 Å². The lowest BCUT2D eigenvalue weighted by Gasteiger charge is -1.98. The lowest BCUT2D eigenvalue weighted by molar-refractivity contribution is 0.605. The molecule has 0 atom stereocenters. The van der Waals surface area contributed by atoms with E-state index in [4.69, 9.17) is 10.7 Å². The fourth-order valence-electron chi connectivity index (χ4n) is 2.43. The second-order valence-corrected chi connectivity index (χ2v) is 7.94. The van der Waals surface area contributed by atoms with E-state index < -0.39 is 9.05 Å². The Morgan fingerprint density at radius 1 is 1.23 bits per heavy atom. The van der Waals surface area contributed by atoms with Crippen LogP contribution in [0.1, 0.15) is 30.0 Å². The summed E-state index contributed by atoms with van der Waals surface area (Å²) in [4.78, 5) is 4.49. The summed E-state index contributed by atoms with van der Waals surface area (Å²) < 4.78 is 25.7. The number of nitrogens with zero attached hydrogens (tertiary/aromatic N) is 5. The maximum Gasteiger partial charge on any atom is 0.282 e. The van der Waals surface area contributed by atoms with E-state index in [-0.39, 0.29) is 5.03 Å². The van der Waals surface area contributed by atoms with Gasteiger partial charge in [0.2, 0.25) is 5.03 Å². The van der Waals surface area contributed by atoms with E-state index in [1.807, 2.05) is 16.7 Å². The Bertz CT molecular complexity index is 958. The molecule has 3 heterocycles. The van der Waals surface area contributed by atoms with Gasteiger partial charge in [-0.2, -0.15) is 0 Å². The lowest BCUT2D eigenvalue weighted by Crippen LogP contribution is -2.00. The van der Waals surface area contributed by atoms with E-state index in [1.54, 1.807) is 0 Å². The first-order valence-corrected chi connectivity index (χ1v) is 9.12. The minimum atomic E-state index is -3.85. The summed E-state index contributed by atoms with van der Waals surface area (Å²) in [5.74, 6) is 0.682. The molecule has 0 aromatic carbocycles. The molecular weight excluding hydrogens is 326 g/mol. The van der Waals surface area contributed by atoms with E-state index in [9.17, 15) is 8.42 Å². The van der Waals surface area contributed by atoms with Gasteiger partial charge < -0.3 is 4.40 Å². The van der Waals surface area contributed by atoms with Crippen LogP contribution in [0.15, 0.2) is 35.7 Å². The number of fused-ring (bicyclic) bond motifs is 1. The van der Waals surface area contributed by atoms with Crippen molar-refractivity contribution in [2.24, 2.45) is 0 Å². The van der Waals surface area contributed by atoms with Crippen LogP contribution >= 0.6 is 10.7 Å². The summed E-state index contributed by atoms with van der Waals surface area (Å²) in [7, 11) is 1.37. The van der Waals surface area contributed by atoms with E-state index in [2.05, 4.69) is 27.6 Å². The molecule has 4 rings (SSSR count). The Hall–Kier alpha value is -1.93. The number of aromatic nitrogens is 5. The Kier molecular flexibility index (Phi) is 2.98. The number of hydrogen-bond donors (Lipinski definition) is 0. The van der Waals surface area contributed by atoms with Crippen molar-refractivity contribution in [2.75, 3.05) is 0 Å². The van der Waals surface area contributed by atoms with Crippen LogP contribution in [0.25, 0.3) is 5.65 Å². The maximum absolute atomic E-state index is 11.2. The number of halogens is 1. The molecular formula is C13H12ClN5O2S. The SMILES string of the molecule is O=S(=O)(Cl)c1cn(Cc2cn3cc(C4CC4)ccc3n2)nn1. The summed E-state index contributed by atoms with van der Waals surface area (Å²) in [6.07, 6.45) is 7.81. The van der Waals surface area contributed by atoms with Crippen LogP contribution in [-0.4, -0.2) is 32.8 Å². The van der Waals surface area contributed by atoms with Crippen molar-refractivity contribution < 1.29 is 8.42 Å². The molecule has 3 aromatic rings. The quantitative estimate of drug-likeness (QED) is 0.678. The molecule has 1 saturated carbocycles. The maximum atomic E-state index is 11.2. The number of hydrogen-bond acceptors (Lipinski definition) is 5. The van der Waals surface area contributed by atoms with E-state index in [0.29, 0.717) is 12.5 Å². The van der Waals surface area contributed by atoms with Crippen LogP contribution in [-0.2, 0) is 15.6 Å². The molecule has 0 amide bonds. The van der Waals surface area contributed by atoms with Crippen LogP contribution in [0.2, 0.25) is 0 Å². The fraction of sp³-hybridized carbons (Fsp3) is 0.308. The number of pyridine rings is 1. The first-order valence-electron chi connectivity index (χ1n) is 6.81. The average molecular weight is 338 g/mol. The molecule has 22 heavy (non-hydrogen) atoms. The average Bonchev–Trinajstić information content (AvgIpc) is 3.05. The van der Waals surface area contributed by atoms with Crippen molar-refractivity contribution in [1.82, 2.24) is 24.4 Å². The van der Waals surface area contributed by atoms with Gasteiger partial charge in [-0.05, 0) is 30.4 Å². The zero-order chi connectivity index (χ0) is 15.3. The second-order valence-electron chi connectivity index (χ2n) is 5.43. The predicted molar refractivity (Wildman–Crippen MR) is 79.3 cm³/mol. The van der Waals surface area contributed by atoms with E-state index in [0.717, 1.165) is 11.3 Å². The molecule has 0 N–H and O–H groups in total. The summed E-state index contributed by atoms with van der Waals surface area (Å²) in [5, 5.41) is 7.04. The number of imidazole rings is 1. The highest BCUT2D eigenvalue weighted by atomic mass is 35.7. The van der Waals surface area contributed by atoms with Crippen LogP contribution < -0.4 is 0 Å². The molecule has 1 fully saturated rings. The van der Waals surface area contributed by atoms with Crippen molar-refractivity contribution >= 4 is 25.4 Å². The highest BCUT2D eigenvalue weighted by molar-refractivity contribution is 8.13. The Morgan fingerprint density at radius 2 is 2.05 bits per heavy atom. The van der Waals surface area contributed by atoms with Crippen molar-refractivity contribution in [2.45, 2.75) is 30.3 Å². The molecule has 7 nitrogen and oxygen atoms in total. The summed E-state index contributed by atoms with van der Waals surface area (Å²) in [5.41, 5.74) is 2.95. The van der Waals surface area contributed by atoms with Gasteiger partial charge in [-0.1, -0.05) is 11.3 Å². The van der Waals surface area contributed by atoms with Gasteiger partial charge in [0.15, 0.2) is 0 Å². The van der Waals surface area contributed by atoms with Gasteiger partial charge in [-0.15, -0.1) is 5.10 Å². The van der Waals surface area contributed by atoms with Crippen LogP contribution in [0.3, 0.4) is 0 Å². The molecule has 0 spiro atoms. The predicted octanol–water partition coefficient (Wildman–Crippen LogP) is 1.78. The summed E-state index contributed by atoms with van der Waals surface area (Å²) in [6.45, 7) is 0.333. The van der Waals surface area contributed by atoms with Gasteiger partial charge in [0.25, 0.3) is 9.05 Å². The Labute approximate surface area is 131 Å². The lowest BCUT2D eigenvalue weighted by atomic mass is 10.2. The Balaban J connectivity index is 1.62. The van der Waals surface area contributed by atoms with Gasteiger partial charge in [-0.3, -0.25) is 0 Å². The molecule has 3 aromatic heterocycles. The summed E-state index contributed by atoms with van der Waals surface area (Å²) >= 11 is 0. The van der Waals surface area contributed by atoms with Gasteiger partial charge in [0.1, 0.15) is 5.65 Å². The zero-order valence-electron chi connectivity index (χ0n) is 11.4. The Morgan fingerprint density at radius 3 is 2.73 bits per heavy atom. The first-order chi connectivity index (χ1) is 10.5. The van der Waals surface area contributed by atoms with Gasteiger partial charge in [0, 0.05) is 23.1 Å². The third kappa shape index (κ3) is 2.59. The minimum Gasteiger partial charge on any atom is -0.306 e. The molecule has 9 heteroatoms. The molecule has 0 radical (unpaired) electrons. The third-order valence-corrected chi connectivity index (χ3v) is 4.82. The van der Waals surface area contributed by atoms with Crippen molar-refractivity contribution in [3.8, 4) is 0 Å². The minimum absolute atomic E-state index is 0.256. The van der Waals surface area contributed by atoms with Gasteiger partial charge >= 0.3 is 0 Å². The standard InChI is InChI=1S/C13H12ClN5O2S/c14-22(20,21)13-8-19(17-16-13)7-11-6-18-5-10(9-1-2-9)3-4-12(18)15-11/h3-6,8-9H,1-2,7H2. The third-order valence-electron chi connectivity index (χ3n) is 3.66. The molecule has 0 bridgehead atoms. The van der Waals surface area contributed by atoms with Crippen LogP contribution in [0, 0.1) is 0 Å². The van der Waals surface area contributed by atoms with E-state index in [1.165, 1.54) is 29.3 Å². The van der Waals surface area contributed by atoms with Crippen molar-refractivity contribution in [1.29, 1.82) is 0 Å². The fourth-order valence-corrected chi connectivity index (χ4v) is 3.03. The molecule has 0 unspecified atom stereocenters. The summed E-state index contributed by atoms with van der Waals surface area (Å²) in [6, 6.07) is 4.10. The second kappa shape index (κ2) is 4.79. The number of rotatable bonds is 4. The first kappa shape index (κ1) is 13.7.